The molecule has 0 spiro atoms. The summed E-state index contributed by atoms with van der Waals surface area (Å²) in [5.41, 5.74) is 2.30. The van der Waals surface area contributed by atoms with E-state index in [1.807, 2.05) is 25.3 Å². The Balaban J connectivity index is 1.62. The van der Waals surface area contributed by atoms with Gasteiger partial charge in [0.2, 0.25) is 0 Å². The minimum Gasteiger partial charge on any atom is -0.507 e. The summed E-state index contributed by atoms with van der Waals surface area (Å²) < 4.78 is 1.77. The Kier molecular flexibility index (Phi) is 4.56. The maximum absolute atomic E-state index is 12.2. The SMILES string of the molecule is Cc1ccc(C(=O)Nc2ccn(CCc3ccncc3)n2)c(O)c1. The number of aromatic nitrogens is 3. The van der Waals surface area contributed by atoms with E-state index in [0.29, 0.717) is 12.4 Å². The molecule has 3 aromatic rings. The van der Waals surface area contributed by atoms with Crippen LogP contribution in [0.3, 0.4) is 0 Å². The minimum atomic E-state index is -0.383. The van der Waals surface area contributed by atoms with Gasteiger partial charge in [-0.05, 0) is 48.7 Å². The first-order valence-electron chi connectivity index (χ1n) is 7.65. The number of rotatable bonds is 5. The van der Waals surface area contributed by atoms with Crippen molar-refractivity contribution in [2.45, 2.75) is 19.9 Å². The number of amides is 1. The average molecular weight is 322 g/mol. The number of hydrogen-bond acceptors (Lipinski definition) is 4. The van der Waals surface area contributed by atoms with Crippen molar-refractivity contribution in [1.82, 2.24) is 14.8 Å². The summed E-state index contributed by atoms with van der Waals surface area (Å²) in [6.07, 6.45) is 6.17. The van der Waals surface area contributed by atoms with Gasteiger partial charge in [0.25, 0.3) is 5.91 Å². The smallest absolute Gasteiger partial charge is 0.260 e. The van der Waals surface area contributed by atoms with Gasteiger partial charge in [-0.15, -0.1) is 0 Å². The topological polar surface area (TPSA) is 80.0 Å². The molecular weight excluding hydrogens is 304 g/mol. The molecule has 6 heteroatoms. The van der Waals surface area contributed by atoms with Gasteiger partial charge in [0, 0.05) is 31.2 Å². The van der Waals surface area contributed by atoms with Gasteiger partial charge in [-0.3, -0.25) is 14.5 Å². The Labute approximate surface area is 139 Å². The van der Waals surface area contributed by atoms with Crippen LogP contribution in [0.15, 0.2) is 55.0 Å². The standard InChI is InChI=1S/C18H18N4O2/c1-13-2-3-15(16(23)12-13)18(24)20-17-7-11-22(21-17)10-6-14-4-8-19-9-5-14/h2-5,7-9,11-12,23H,6,10H2,1H3,(H,20,21,24). The number of phenols is 1. The van der Waals surface area contributed by atoms with Crippen LogP contribution in [-0.2, 0) is 13.0 Å². The molecule has 2 heterocycles. The van der Waals surface area contributed by atoms with Gasteiger partial charge in [-0.1, -0.05) is 6.07 Å². The van der Waals surface area contributed by atoms with Gasteiger partial charge in [-0.25, -0.2) is 0 Å². The number of benzene rings is 1. The molecule has 0 saturated heterocycles. The van der Waals surface area contributed by atoms with Gasteiger partial charge in [0.15, 0.2) is 5.82 Å². The number of hydrogen-bond donors (Lipinski definition) is 2. The third kappa shape index (κ3) is 3.78. The van der Waals surface area contributed by atoms with Crippen molar-refractivity contribution >= 4 is 11.7 Å². The molecule has 0 aliphatic rings. The molecule has 122 valence electrons. The van der Waals surface area contributed by atoms with Crippen LogP contribution in [0.2, 0.25) is 0 Å². The number of nitrogens with one attached hydrogen (secondary N) is 1. The Hall–Kier alpha value is -3.15. The van der Waals surface area contributed by atoms with Crippen LogP contribution in [0.4, 0.5) is 5.82 Å². The van der Waals surface area contributed by atoms with E-state index in [0.717, 1.165) is 12.0 Å². The lowest BCUT2D eigenvalue weighted by atomic mass is 10.1. The summed E-state index contributed by atoms with van der Waals surface area (Å²) in [7, 11) is 0. The molecule has 1 amide bonds. The molecule has 0 aliphatic carbocycles. The quantitative estimate of drug-likeness (QED) is 0.757. The van der Waals surface area contributed by atoms with E-state index in [9.17, 15) is 9.90 Å². The lowest BCUT2D eigenvalue weighted by Gasteiger charge is -2.05. The van der Waals surface area contributed by atoms with Crippen molar-refractivity contribution in [2.75, 3.05) is 5.32 Å². The normalized spacial score (nSPS) is 10.5. The van der Waals surface area contributed by atoms with Crippen molar-refractivity contribution in [3.63, 3.8) is 0 Å². The molecule has 24 heavy (non-hydrogen) atoms. The third-order valence-electron chi connectivity index (χ3n) is 3.66. The molecule has 0 bridgehead atoms. The molecule has 0 atom stereocenters. The number of aryl methyl sites for hydroxylation is 3. The lowest BCUT2D eigenvalue weighted by molar-refractivity contribution is 0.102. The van der Waals surface area contributed by atoms with E-state index >= 15 is 0 Å². The Morgan fingerprint density at radius 1 is 1.21 bits per heavy atom. The zero-order valence-corrected chi connectivity index (χ0v) is 13.3. The van der Waals surface area contributed by atoms with Gasteiger partial charge in [0.05, 0.1) is 5.56 Å². The molecule has 0 unspecified atom stereocenters. The highest BCUT2D eigenvalue weighted by Crippen LogP contribution is 2.19. The number of phenolic OH excluding ortho intramolecular Hbond substituents is 1. The van der Waals surface area contributed by atoms with Gasteiger partial charge >= 0.3 is 0 Å². The van der Waals surface area contributed by atoms with Crippen LogP contribution in [0.25, 0.3) is 0 Å². The van der Waals surface area contributed by atoms with Crippen LogP contribution in [0, 0.1) is 6.92 Å². The number of pyridine rings is 1. The summed E-state index contributed by atoms with van der Waals surface area (Å²) >= 11 is 0. The summed E-state index contributed by atoms with van der Waals surface area (Å²) in [6.45, 7) is 2.56. The largest absolute Gasteiger partial charge is 0.507 e. The van der Waals surface area contributed by atoms with E-state index < -0.39 is 0 Å². The first-order chi connectivity index (χ1) is 11.6. The van der Waals surface area contributed by atoms with Crippen molar-refractivity contribution in [1.29, 1.82) is 0 Å². The Bertz CT molecular complexity index is 843. The number of anilines is 1. The maximum atomic E-state index is 12.2. The van der Waals surface area contributed by atoms with E-state index in [2.05, 4.69) is 15.4 Å². The minimum absolute atomic E-state index is 0.0374. The molecule has 1 aromatic carbocycles. The Morgan fingerprint density at radius 2 is 2.00 bits per heavy atom. The van der Waals surface area contributed by atoms with Crippen LogP contribution >= 0.6 is 0 Å². The van der Waals surface area contributed by atoms with E-state index in [1.165, 1.54) is 5.56 Å². The fourth-order valence-corrected chi connectivity index (χ4v) is 2.36. The van der Waals surface area contributed by atoms with Crippen LogP contribution in [-0.4, -0.2) is 25.8 Å². The van der Waals surface area contributed by atoms with E-state index in [4.69, 9.17) is 0 Å². The first kappa shape index (κ1) is 15.7. The first-order valence-corrected chi connectivity index (χ1v) is 7.65. The molecule has 2 aromatic heterocycles. The molecule has 6 nitrogen and oxygen atoms in total. The second kappa shape index (κ2) is 6.95. The molecule has 0 aliphatic heterocycles. The second-order valence-electron chi connectivity index (χ2n) is 5.54. The number of aromatic hydroxyl groups is 1. The highest BCUT2D eigenvalue weighted by molar-refractivity contribution is 6.05. The zero-order chi connectivity index (χ0) is 16.9. The Morgan fingerprint density at radius 3 is 2.75 bits per heavy atom. The molecule has 0 saturated carbocycles. The maximum Gasteiger partial charge on any atom is 0.260 e. The molecule has 2 N–H and O–H groups in total. The lowest BCUT2D eigenvalue weighted by Crippen LogP contribution is -2.13. The van der Waals surface area contributed by atoms with Crippen molar-refractivity contribution in [2.24, 2.45) is 0 Å². The summed E-state index contributed by atoms with van der Waals surface area (Å²) in [5.74, 6) is 0.0335. The predicted molar refractivity (Wildman–Crippen MR) is 91.0 cm³/mol. The number of carbonyl (C=O) groups excluding carboxylic acids is 1. The summed E-state index contributed by atoms with van der Waals surface area (Å²) in [5, 5.41) is 16.9. The monoisotopic (exact) mass is 322 g/mol. The molecule has 0 radical (unpaired) electrons. The van der Waals surface area contributed by atoms with Crippen LogP contribution < -0.4 is 5.32 Å². The van der Waals surface area contributed by atoms with Gasteiger partial charge in [0.1, 0.15) is 5.75 Å². The number of carbonyl (C=O) groups is 1. The molecule has 3 rings (SSSR count). The zero-order valence-electron chi connectivity index (χ0n) is 13.3. The highest BCUT2D eigenvalue weighted by atomic mass is 16.3. The van der Waals surface area contributed by atoms with Crippen molar-refractivity contribution in [3.8, 4) is 5.75 Å². The summed E-state index contributed by atoms with van der Waals surface area (Å²) in [4.78, 5) is 16.2. The average Bonchev–Trinajstić information content (AvgIpc) is 3.01. The molecular formula is C18H18N4O2. The fraction of sp³-hybridized carbons (Fsp3) is 0.167. The highest BCUT2D eigenvalue weighted by Gasteiger charge is 2.12. The summed E-state index contributed by atoms with van der Waals surface area (Å²) in [6, 6.07) is 10.6. The van der Waals surface area contributed by atoms with E-state index in [1.54, 1.807) is 41.3 Å². The predicted octanol–water partition coefficient (Wildman–Crippen LogP) is 2.79. The third-order valence-corrected chi connectivity index (χ3v) is 3.66. The van der Waals surface area contributed by atoms with E-state index in [-0.39, 0.29) is 17.2 Å². The second-order valence-corrected chi connectivity index (χ2v) is 5.54. The van der Waals surface area contributed by atoms with Gasteiger partial charge in [-0.2, -0.15) is 5.10 Å². The van der Waals surface area contributed by atoms with Gasteiger partial charge < -0.3 is 10.4 Å². The van der Waals surface area contributed by atoms with Crippen LogP contribution in [0.5, 0.6) is 5.75 Å². The molecule has 0 fully saturated rings. The van der Waals surface area contributed by atoms with Crippen molar-refractivity contribution in [3.05, 3.63) is 71.7 Å². The fourth-order valence-electron chi connectivity index (χ4n) is 2.36. The van der Waals surface area contributed by atoms with Crippen LogP contribution in [0.1, 0.15) is 21.5 Å². The van der Waals surface area contributed by atoms with Crippen molar-refractivity contribution < 1.29 is 9.90 Å². The number of nitrogens with zero attached hydrogens (tertiary/aromatic N) is 3.